The Morgan fingerprint density at radius 1 is 1.03 bits per heavy atom. The summed E-state index contributed by atoms with van der Waals surface area (Å²) in [4.78, 5) is 15.0. The van der Waals surface area contributed by atoms with Crippen LogP contribution in [0.2, 0.25) is 0 Å². The zero-order chi connectivity index (χ0) is 21.6. The van der Waals surface area contributed by atoms with Gasteiger partial charge < -0.3 is 10.1 Å². The maximum absolute atomic E-state index is 12.5. The maximum Gasteiger partial charge on any atom is 0.261 e. The molecule has 0 bridgehead atoms. The summed E-state index contributed by atoms with van der Waals surface area (Å²) in [5, 5.41) is 3.01. The van der Waals surface area contributed by atoms with Gasteiger partial charge in [-0.05, 0) is 67.1 Å². The van der Waals surface area contributed by atoms with Crippen molar-refractivity contribution in [3.63, 3.8) is 0 Å². The van der Waals surface area contributed by atoms with Gasteiger partial charge in [0.25, 0.3) is 5.91 Å². The Bertz CT molecular complexity index is 818. The van der Waals surface area contributed by atoms with Crippen LogP contribution in [0.5, 0.6) is 5.75 Å². The molecular weight excluding hydrogens is 372 g/mol. The number of piperidine rings is 1. The van der Waals surface area contributed by atoms with Gasteiger partial charge in [0.2, 0.25) is 0 Å². The molecule has 4 heteroatoms. The number of hydrogen-bond donors (Lipinski definition) is 1. The molecule has 1 aliphatic rings. The van der Waals surface area contributed by atoms with E-state index < -0.39 is 6.10 Å². The largest absolute Gasteiger partial charge is 0.481 e. The predicted molar refractivity (Wildman–Crippen MR) is 123 cm³/mol. The molecule has 1 saturated heterocycles. The Hall–Kier alpha value is -2.33. The fourth-order valence-electron chi connectivity index (χ4n) is 3.84. The number of likely N-dealkylation sites (tertiary alicyclic amines) is 1. The van der Waals surface area contributed by atoms with Gasteiger partial charge in [0.15, 0.2) is 6.10 Å². The number of nitrogens with zero attached hydrogens (tertiary/aromatic N) is 1. The number of benzene rings is 2. The molecule has 1 heterocycles. The van der Waals surface area contributed by atoms with Gasteiger partial charge >= 0.3 is 0 Å². The molecule has 0 radical (unpaired) electrons. The van der Waals surface area contributed by atoms with Crippen LogP contribution in [0.4, 0.5) is 0 Å². The Kier molecular flexibility index (Phi) is 7.54. The Morgan fingerprint density at radius 3 is 2.37 bits per heavy atom. The van der Waals surface area contributed by atoms with Crippen molar-refractivity contribution < 1.29 is 9.53 Å². The minimum atomic E-state index is -0.540. The second-order valence-corrected chi connectivity index (χ2v) is 9.41. The van der Waals surface area contributed by atoms with Gasteiger partial charge in [0.05, 0.1) is 0 Å². The average molecular weight is 409 g/mol. The third-order valence-corrected chi connectivity index (χ3v) is 5.72. The number of nitrogens with one attached hydrogen (secondary N) is 1. The van der Waals surface area contributed by atoms with Crippen LogP contribution < -0.4 is 10.1 Å². The number of rotatable bonds is 7. The van der Waals surface area contributed by atoms with Gasteiger partial charge in [0.1, 0.15) is 5.75 Å². The predicted octanol–water partition coefficient (Wildman–Crippen LogP) is 5.05. The fourth-order valence-corrected chi connectivity index (χ4v) is 3.84. The number of carbonyl (C=O) groups excluding carboxylic acids is 1. The van der Waals surface area contributed by atoms with Crippen molar-refractivity contribution in [1.82, 2.24) is 10.2 Å². The third-order valence-electron chi connectivity index (χ3n) is 5.72. The van der Waals surface area contributed by atoms with E-state index in [2.05, 4.69) is 67.4 Å². The average Bonchev–Trinajstić information content (AvgIpc) is 2.73. The maximum atomic E-state index is 12.5. The van der Waals surface area contributed by atoms with Gasteiger partial charge in [-0.3, -0.25) is 9.69 Å². The lowest BCUT2D eigenvalue weighted by Crippen LogP contribution is -2.36. The molecule has 3 rings (SSSR count). The number of carbonyl (C=O) groups is 1. The van der Waals surface area contributed by atoms with Crippen LogP contribution in [0.1, 0.15) is 63.6 Å². The normalized spacial score (nSPS) is 16.1. The standard InChI is InChI=1S/C26H36N2O2/c1-20(30-24-13-11-23(12-14-24)26(2,3)4)25(29)27-18-21-9-8-10-22(17-21)19-28-15-6-5-7-16-28/h8-14,17,20H,5-7,15-16,18-19H2,1-4H3,(H,27,29)/t20-/m0/s1. The van der Waals surface area contributed by atoms with Gasteiger partial charge in [-0.15, -0.1) is 0 Å². The summed E-state index contributed by atoms with van der Waals surface area (Å²) < 4.78 is 5.84. The quantitative estimate of drug-likeness (QED) is 0.697. The van der Waals surface area contributed by atoms with Crippen LogP contribution >= 0.6 is 0 Å². The number of hydrogen-bond acceptors (Lipinski definition) is 3. The molecule has 2 aromatic carbocycles. The molecule has 162 valence electrons. The second-order valence-electron chi connectivity index (χ2n) is 9.41. The molecule has 1 amide bonds. The Balaban J connectivity index is 1.49. The first-order chi connectivity index (χ1) is 14.3. The molecule has 1 atom stereocenters. The number of ether oxygens (including phenoxy) is 1. The lowest BCUT2D eigenvalue weighted by atomic mass is 9.87. The molecule has 1 fully saturated rings. The zero-order valence-corrected chi connectivity index (χ0v) is 18.9. The van der Waals surface area contributed by atoms with Crippen molar-refractivity contribution >= 4 is 5.91 Å². The summed E-state index contributed by atoms with van der Waals surface area (Å²) in [6.07, 6.45) is 3.41. The zero-order valence-electron chi connectivity index (χ0n) is 18.9. The number of amides is 1. The lowest BCUT2D eigenvalue weighted by molar-refractivity contribution is -0.127. The highest BCUT2D eigenvalue weighted by atomic mass is 16.5. The molecule has 30 heavy (non-hydrogen) atoms. The van der Waals surface area contributed by atoms with Gasteiger partial charge in [-0.2, -0.15) is 0 Å². The summed E-state index contributed by atoms with van der Waals surface area (Å²) in [5.41, 5.74) is 3.78. The van der Waals surface area contributed by atoms with E-state index in [1.807, 2.05) is 12.1 Å². The molecule has 0 aliphatic carbocycles. The van der Waals surface area contributed by atoms with E-state index >= 15 is 0 Å². The summed E-state index contributed by atoms with van der Waals surface area (Å²) in [6.45, 7) is 12.2. The van der Waals surface area contributed by atoms with E-state index in [4.69, 9.17) is 4.74 Å². The summed E-state index contributed by atoms with van der Waals surface area (Å²) in [5.74, 6) is 0.616. The van der Waals surface area contributed by atoms with E-state index in [1.54, 1.807) is 6.92 Å². The highest BCUT2D eigenvalue weighted by Crippen LogP contribution is 2.24. The molecule has 1 N–H and O–H groups in total. The Labute approximate surface area is 181 Å². The highest BCUT2D eigenvalue weighted by molar-refractivity contribution is 5.80. The van der Waals surface area contributed by atoms with Crippen molar-refractivity contribution in [2.45, 2.75) is 71.6 Å². The van der Waals surface area contributed by atoms with Crippen molar-refractivity contribution in [3.05, 3.63) is 65.2 Å². The minimum absolute atomic E-state index is 0.101. The van der Waals surface area contributed by atoms with Crippen LogP contribution in [0, 0.1) is 0 Å². The first kappa shape index (κ1) is 22.4. The first-order valence-electron chi connectivity index (χ1n) is 11.2. The van der Waals surface area contributed by atoms with Crippen LogP contribution in [0.25, 0.3) is 0 Å². The van der Waals surface area contributed by atoms with Gasteiger partial charge in [-0.1, -0.05) is 63.6 Å². The van der Waals surface area contributed by atoms with Crippen molar-refractivity contribution in [2.24, 2.45) is 0 Å². The van der Waals surface area contributed by atoms with Crippen LogP contribution in [-0.4, -0.2) is 30.0 Å². The molecule has 4 nitrogen and oxygen atoms in total. The molecule has 0 unspecified atom stereocenters. The SMILES string of the molecule is C[C@H](Oc1ccc(C(C)(C)C)cc1)C(=O)NCc1cccc(CN2CCCCC2)c1. The van der Waals surface area contributed by atoms with Crippen LogP contribution in [0.3, 0.4) is 0 Å². The first-order valence-corrected chi connectivity index (χ1v) is 11.2. The van der Waals surface area contributed by atoms with Crippen LogP contribution in [-0.2, 0) is 23.3 Å². The van der Waals surface area contributed by atoms with E-state index in [0.717, 1.165) is 12.1 Å². The monoisotopic (exact) mass is 408 g/mol. The van der Waals surface area contributed by atoms with E-state index in [0.29, 0.717) is 12.3 Å². The molecule has 0 aromatic heterocycles. The summed E-state index contributed by atoms with van der Waals surface area (Å²) in [6, 6.07) is 16.5. The van der Waals surface area contributed by atoms with Crippen molar-refractivity contribution in [2.75, 3.05) is 13.1 Å². The fraction of sp³-hybridized carbons (Fsp3) is 0.500. The second kappa shape index (κ2) is 10.1. The van der Waals surface area contributed by atoms with Gasteiger partial charge in [-0.25, -0.2) is 0 Å². The van der Waals surface area contributed by atoms with E-state index in [-0.39, 0.29) is 11.3 Å². The van der Waals surface area contributed by atoms with Crippen molar-refractivity contribution in [1.29, 1.82) is 0 Å². The van der Waals surface area contributed by atoms with E-state index in [1.165, 1.54) is 43.5 Å². The third kappa shape index (κ3) is 6.60. The Morgan fingerprint density at radius 2 is 1.70 bits per heavy atom. The van der Waals surface area contributed by atoms with E-state index in [9.17, 15) is 4.79 Å². The lowest BCUT2D eigenvalue weighted by Gasteiger charge is -2.26. The van der Waals surface area contributed by atoms with Crippen molar-refractivity contribution in [3.8, 4) is 5.75 Å². The molecular formula is C26H36N2O2. The topological polar surface area (TPSA) is 41.6 Å². The molecule has 1 aliphatic heterocycles. The highest BCUT2D eigenvalue weighted by Gasteiger charge is 2.17. The molecule has 2 aromatic rings. The van der Waals surface area contributed by atoms with Crippen LogP contribution in [0.15, 0.2) is 48.5 Å². The smallest absolute Gasteiger partial charge is 0.261 e. The summed E-state index contributed by atoms with van der Waals surface area (Å²) in [7, 11) is 0. The molecule has 0 spiro atoms. The minimum Gasteiger partial charge on any atom is -0.481 e. The summed E-state index contributed by atoms with van der Waals surface area (Å²) >= 11 is 0. The van der Waals surface area contributed by atoms with Gasteiger partial charge in [0, 0.05) is 13.1 Å². The molecule has 0 saturated carbocycles.